The van der Waals surface area contributed by atoms with Gasteiger partial charge in [-0.2, -0.15) is 0 Å². The van der Waals surface area contributed by atoms with Crippen LogP contribution in [-0.4, -0.2) is 88.5 Å². The second kappa shape index (κ2) is 14.6. The number of fused-ring (bicyclic) bond motifs is 4. The summed E-state index contributed by atoms with van der Waals surface area (Å²) in [7, 11) is -3.92. The highest BCUT2D eigenvalue weighted by atomic mass is 32.2. The van der Waals surface area contributed by atoms with Crippen molar-refractivity contribution in [1.82, 2.24) is 30.1 Å². The van der Waals surface area contributed by atoms with Gasteiger partial charge in [-0.05, 0) is 61.3 Å². The Morgan fingerprint density at radius 3 is 2.35 bits per heavy atom. The molecule has 0 unspecified atom stereocenters. The van der Waals surface area contributed by atoms with E-state index >= 15 is 0 Å². The highest BCUT2D eigenvalue weighted by Crippen LogP contribution is 2.46. The van der Waals surface area contributed by atoms with Crippen molar-refractivity contribution in [2.45, 2.75) is 113 Å². The minimum atomic E-state index is -3.92. The van der Waals surface area contributed by atoms with Gasteiger partial charge in [0.2, 0.25) is 21.8 Å². The molecule has 292 valence electrons. The van der Waals surface area contributed by atoms with Crippen molar-refractivity contribution >= 4 is 39.9 Å². The number of allylic oxidation sites excluding steroid dienone is 1. The molecule has 3 N–H and O–H groups in total. The molecule has 0 bridgehead atoms. The number of carbonyl (C=O) groups is 5. The van der Waals surface area contributed by atoms with Crippen molar-refractivity contribution in [2.75, 3.05) is 6.54 Å². The smallest absolute Gasteiger partial charge is 0.410 e. The second-order valence-corrected chi connectivity index (χ2v) is 17.6. The van der Waals surface area contributed by atoms with Crippen molar-refractivity contribution in [3.05, 3.63) is 82.7 Å². The first-order valence-corrected chi connectivity index (χ1v) is 20.7. The largest absolute Gasteiger partial charge is 0.444 e. The van der Waals surface area contributed by atoms with Gasteiger partial charge >= 0.3 is 12.1 Å². The van der Waals surface area contributed by atoms with E-state index in [1.807, 2.05) is 36.4 Å². The lowest BCUT2D eigenvalue weighted by molar-refractivity contribution is -0.141. The average Bonchev–Trinajstić information content (AvgIpc) is 3.96. The van der Waals surface area contributed by atoms with E-state index in [0.29, 0.717) is 56.3 Å². The van der Waals surface area contributed by atoms with E-state index in [2.05, 4.69) is 15.4 Å². The lowest BCUT2D eigenvalue weighted by Gasteiger charge is -2.30. The molecule has 4 heterocycles. The maximum absolute atomic E-state index is 14.6. The monoisotopic (exact) mass is 776 g/mol. The number of ether oxygens (including phenoxy) is 1. The van der Waals surface area contributed by atoms with Crippen LogP contribution >= 0.6 is 0 Å². The van der Waals surface area contributed by atoms with E-state index in [1.165, 1.54) is 15.9 Å². The minimum Gasteiger partial charge on any atom is -0.444 e. The summed E-state index contributed by atoms with van der Waals surface area (Å²) in [6.07, 6.45) is 6.14. The molecular weight excluding hydrogens is 732 g/mol. The molecule has 6 aliphatic rings. The van der Waals surface area contributed by atoms with Crippen molar-refractivity contribution in [1.29, 1.82) is 0 Å². The Morgan fingerprint density at radius 2 is 1.62 bits per heavy atom. The van der Waals surface area contributed by atoms with Crippen LogP contribution < -0.4 is 15.4 Å². The lowest BCUT2D eigenvalue weighted by Crippen LogP contribution is -2.58. The highest BCUT2D eigenvalue weighted by Gasteiger charge is 2.62. The SMILES string of the molecule is O=C1N[C@]2(C(=O)NS(=O)(=O)C3CC3)C[C@H]2C=CCCCCC[C@H](NC(=O)N2Cc3ccccc3C2)C(=O)N2C[C@H](OC(=O)N3Cc4cccc(F)c4C3)C[C@@H]12. The first kappa shape index (κ1) is 37.0. The summed E-state index contributed by atoms with van der Waals surface area (Å²) in [4.78, 5) is 74.0. The number of nitrogens with zero attached hydrogens (tertiary/aromatic N) is 3. The molecule has 14 nitrogen and oxygen atoms in total. The molecule has 16 heteroatoms. The summed E-state index contributed by atoms with van der Waals surface area (Å²) in [5, 5.41) is 5.10. The standard InChI is InChI=1S/C39H45FN6O8S/c40-31-13-8-11-26-21-45(23-30(26)31)38(51)54-28-17-33-34(47)42-39(36(49)43-55(52,53)29-15-16-29)18-27(39)12-4-2-1-3-5-14-32(35(48)46(33)22-28)41-37(50)44-19-24-9-6-7-10-25(24)20-44/h4,6-13,27-29,32-33H,1-3,5,14-23H2,(H,41,50)(H,42,47)(H,43,49)/t27-,28-,32+,33+,39-/m1/s1. The quantitative estimate of drug-likeness (QED) is 0.388. The Kier molecular flexibility index (Phi) is 9.80. The number of benzene rings is 2. The van der Waals surface area contributed by atoms with E-state index in [9.17, 15) is 36.8 Å². The molecule has 3 fully saturated rings. The molecule has 2 saturated carbocycles. The molecule has 6 amide bonds. The van der Waals surface area contributed by atoms with Crippen LogP contribution in [0.25, 0.3) is 0 Å². The molecular formula is C39H45FN6O8S. The van der Waals surface area contributed by atoms with Crippen LogP contribution in [0.4, 0.5) is 14.0 Å². The molecule has 1 saturated heterocycles. The number of hydrogen-bond acceptors (Lipinski definition) is 8. The topological polar surface area (TPSA) is 175 Å². The number of carbonyl (C=O) groups excluding carboxylic acids is 5. The maximum atomic E-state index is 14.6. The molecule has 0 spiro atoms. The first-order valence-electron chi connectivity index (χ1n) is 19.1. The highest BCUT2D eigenvalue weighted by molar-refractivity contribution is 7.91. The molecule has 4 aliphatic heterocycles. The zero-order valence-corrected chi connectivity index (χ0v) is 31.2. The first-order chi connectivity index (χ1) is 26.4. The van der Waals surface area contributed by atoms with Crippen molar-refractivity contribution in [2.24, 2.45) is 5.92 Å². The van der Waals surface area contributed by atoms with Gasteiger partial charge in [-0.15, -0.1) is 0 Å². The van der Waals surface area contributed by atoms with Gasteiger partial charge in [-0.25, -0.2) is 22.4 Å². The van der Waals surface area contributed by atoms with Crippen LogP contribution in [0.15, 0.2) is 54.6 Å². The molecule has 2 aromatic rings. The van der Waals surface area contributed by atoms with E-state index in [0.717, 1.165) is 24.0 Å². The second-order valence-electron chi connectivity index (χ2n) is 15.6. The summed E-state index contributed by atoms with van der Waals surface area (Å²) in [6, 6.07) is 9.71. The van der Waals surface area contributed by atoms with Crippen LogP contribution in [0, 0.1) is 11.7 Å². The summed E-state index contributed by atoms with van der Waals surface area (Å²) in [6.45, 7) is 0.737. The van der Waals surface area contributed by atoms with Crippen LogP contribution in [-0.2, 0) is 55.3 Å². The van der Waals surface area contributed by atoms with Gasteiger partial charge in [-0.3, -0.25) is 24.0 Å². The Balaban J connectivity index is 1.04. The number of sulfonamides is 1. The Morgan fingerprint density at radius 1 is 0.891 bits per heavy atom. The predicted molar refractivity (Wildman–Crippen MR) is 195 cm³/mol. The van der Waals surface area contributed by atoms with Crippen LogP contribution in [0.3, 0.4) is 0 Å². The number of amides is 6. The van der Waals surface area contributed by atoms with E-state index in [4.69, 9.17) is 4.74 Å². The van der Waals surface area contributed by atoms with Crippen LogP contribution in [0.1, 0.15) is 80.0 Å². The van der Waals surface area contributed by atoms with Gasteiger partial charge < -0.3 is 25.2 Å². The fourth-order valence-corrected chi connectivity index (χ4v) is 9.66. The molecule has 2 aliphatic carbocycles. The number of rotatable bonds is 5. The lowest BCUT2D eigenvalue weighted by atomic mass is 10.0. The van der Waals surface area contributed by atoms with Crippen molar-refractivity contribution in [3.63, 3.8) is 0 Å². The van der Waals surface area contributed by atoms with Crippen molar-refractivity contribution in [3.8, 4) is 0 Å². The molecule has 55 heavy (non-hydrogen) atoms. The number of nitrogens with one attached hydrogen (secondary N) is 3. The number of urea groups is 1. The number of halogens is 1. The molecule has 0 aromatic heterocycles. The maximum Gasteiger partial charge on any atom is 0.410 e. The van der Waals surface area contributed by atoms with E-state index in [1.54, 1.807) is 17.0 Å². The van der Waals surface area contributed by atoms with E-state index < -0.39 is 80.6 Å². The molecule has 5 atom stereocenters. The third-order valence-electron chi connectivity index (χ3n) is 11.7. The molecule has 2 aromatic carbocycles. The van der Waals surface area contributed by atoms with Gasteiger partial charge in [0.05, 0.1) is 18.3 Å². The van der Waals surface area contributed by atoms with Crippen LogP contribution in [0.2, 0.25) is 0 Å². The third kappa shape index (κ3) is 7.52. The van der Waals surface area contributed by atoms with Gasteiger partial charge in [0.1, 0.15) is 29.5 Å². The average molecular weight is 777 g/mol. The van der Waals surface area contributed by atoms with Gasteiger partial charge in [0, 0.05) is 37.5 Å². The van der Waals surface area contributed by atoms with Gasteiger partial charge in [0.25, 0.3) is 5.91 Å². The normalized spacial score (nSPS) is 27.8. The Hall–Kier alpha value is -4.99. The summed E-state index contributed by atoms with van der Waals surface area (Å²) >= 11 is 0. The summed E-state index contributed by atoms with van der Waals surface area (Å²) in [5.74, 6) is -2.96. The summed E-state index contributed by atoms with van der Waals surface area (Å²) in [5.41, 5.74) is 1.54. The third-order valence-corrected chi connectivity index (χ3v) is 13.5. The van der Waals surface area contributed by atoms with Gasteiger partial charge in [0.15, 0.2) is 0 Å². The van der Waals surface area contributed by atoms with Crippen molar-refractivity contribution < 1.29 is 41.5 Å². The van der Waals surface area contributed by atoms with Gasteiger partial charge in [-0.1, -0.05) is 61.4 Å². The summed E-state index contributed by atoms with van der Waals surface area (Å²) < 4.78 is 48.2. The number of hydrogen-bond donors (Lipinski definition) is 3. The molecule has 8 rings (SSSR count). The van der Waals surface area contributed by atoms with Crippen LogP contribution in [0.5, 0.6) is 0 Å². The predicted octanol–water partition coefficient (Wildman–Crippen LogP) is 3.35. The minimum absolute atomic E-state index is 0.00486. The molecule has 0 radical (unpaired) electrons. The fourth-order valence-electron chi connectivity index (χ4n) is 8.29. The Labute approximate surface area is 318 Å². The van der Waals surface area contributed by atoms with E-state index in [-0.39, 0.29) is 32.5 Å². The Bertz CT molecular complexity index is 2030. The zero-order valence-electron chi connectivity index (χ0n) is 30.4. The fraction of sp³-hybridized carbons (Fsp3) is 0.513. The zero-order chi connectivity index (χ0) is 38.5.